The van der Waals surface area contributed by atoms with Crippen molar-refractivity contribution in [2.45, 2.75) is 24.6 Å². The van der Waals surface area contributed by atoms with Crippen molar-refractivity contribution in [3.8, 4) is 0 Å². The second kappa shape index (κ2) is 7.22. The topological polar surface area (TPSA) is 67.1 Å². The standard InChI is InChI=1S/C16H17F4N3O2/c1-23-9-8-22-14(23)15(25,16(18,19)20)10-13(24)21-7-6-11-4-2-3-5-12(11)17/h2-5,8-9,25H,6-7,10H2,1H3,(H,21,24). The van der Waals surface area contributed by atoms with Crippen molar-refractivity contribution in [3.05, 3.63) is 53.9 Å². The van der Waals surface area contributed by atoms with E-state index in [1.165, 1.54) is 31.4 Å². The van der Waals surface area contributed by atoms with Gasteiger partial charge in [0.2, 0.25) is 11.5 Å². The molecule has 0 spiro atoms. The van der Waals surface area contributed by atoms with Gasteiger partial charge in [-0.3, -0.25) is 4.79 Å². The molecule has 25 heavy (non-hydrogen) atoms. The number of carbonyl (C=O) groups excluding carboxylic acids is 1. The quantitative estimate of drug-likeness (QED) is 0.776. The van der Waals surface area contributed by atoms with Crippen LogP contribution < -0.4 is 5.32 Å². The van der Waals surface area contributed by atoms with Crippen molar-refractivity contribution in [1.29, 1.82) is 0 Å². The van der Waals surface area contributed by atoms with Gasteiger partial charge in [-0.2, -0.15) is 13.2 Å². The molecule has 1 unspecified atom stereocenters. The molecular weight excluding hydrogens is 342 g/mol. The molecule has 0 aliphatic heterocycles. The van der Waals surface area contributed by atoms with Crippen molar-refractivity contribution in [3.63, 3.8) is 0 Å². The number of nitrogens with zero attached hydrogens (tertiary/aromatic N) is 2. The SMILES string of the molecule is Cn1ccnc1C(O)(CC(=O)NCCc1ccccc1F)C(F)(F)F. The number of rotatable bonds is 6. The fraction of sp³-hybridized carbons (Fsp3) is 0.375. The first-order chi connectivity index (χ1) is 11.6. The summed E-state index contributed by atoms with van der Waals surface area (Å²) < 4.78 is 54.4. The first kappa shape index (κ1) is 18.9. The highest BCUT2D eigenvalue weighted by Crippen LogP contribution is 2.40. The summed E-state index contributed by atoms with van der Waals surface area (Å²) in [6.45, 7) is -0.0612. The largest absolute Gasteiger partial charge is 0.425 e. The Morgan fingerprint density at radius 1 is 1.32 bits per heavy atom. The zero-order chi connectivity index (χ0) is 18.7. The van der Waals surface area contributed by atoms with Crippen LogP contribution in [0.25, 0.3) is 0 Å². The van der Waals surface area contributed by atoms with Crippen LogP contribution in [0.4, 0.5) is 17.6 Å². The maximum atomic E-state index is 13.5. The molecule has 0 radical (unpaired) electrons. The number of aryl methyl sites for hydroxylation is 1. The van der Waals surface area contributed by atoms with E-state index in [1.54, 1.807) is 6.07 Å². The Morgan fingerprint density at radius 2 is 2.00 bits per heavy atom. The fourth-order valence-electron chi connectivity index (χ4n) is 2.40. The molecule has 0 saturated carbocycles. The van der Waals surface area contributed by atoms with Crippen molar-refractivity contribution in [1.82, 2.24) is 14.9 Å². The predicted octanol–water partition coefficient (Wildman–Crippen LogP) is 2.06. The molecule has 0 aliphatic rings. The molecule has 136 valence electrons. The third-order valence-electron chi connectivity index (χ3n) is 3.75. The van der Waals surface area contributed by atoms with Crippen molar-refractivity contribution in [2.24, 2.45) is 7.05 Å². The summed E-state index contributed by atoms with van der Waals surface area (Å²) in [4.78, 5) is 15.4. The third-order valence-corrected chi connectivity index (χ3v) is 3.75. The molecule has 1 aromatic carbocycles. The second-order valence-electron chi connectivity index (χ2n) is 5.59. The van der Waals surface area contributed by atoms with Gasteiger partial charge in [0, 0.05) is 26.0 Å². The van der Waals surface area contributed by atoms with E-state index < -0.39 is 35.7 Å². The Morgan fingerprint density at radius 3 is 2.56 bits per heavy atom. The maximum absolute atomic E-state index is 13.5. The van der Waals surface area contributed by atoms with Crippen LogP contribution in [0.5, 0.6) is 0 Å². The van der Waals surface area contributed by atoms with E-state index in [4.69, 9.17) is 0 Å². The fourth-order valence-corrected chi connectivity index (χ4v) is 2.40. The van der Waals surface area contributed by atoms with Crippen LogP contribution in [0, 0.1) is 5.82 Å². The molecule has 1 amide bonds. The van der Waals surface area contributed by atoms with Crippen molar-refractivity contribution >= 4 is 5.91 Å². The summed E-state index contributed by atoms with van der Waals surface area (Å²) in [6.07, 6.45) is -3.87. The van der Waals surface area contributed by atoms with E-state index in [-0.39, 0.29) is 13.0 Å². The number of benzene rings is 1. The van der Waals surface area contributed by atoms with Gasteiger partial charge in [0.1, 0.15) is 5.82 Å². The summed E-state index contributed by atoms with van der Waals surface area (Å²) in [5.74, 6) is -2.15. The van der Waals surface area contributed by atoms with Crippen LogP contribution in [0.3, 0.4) is 0 Å². The predicted molar refractivity (Wildman–Crippen MR) is 80.9 cm³/mol. The van der Waals surface area contributed by atoms with E-state index in [9.17, 15) is 27.5 Å². The number of imidazole rings is 1. The van der Waals surface area contributed by atoms with Crippen LogP contribution in [0.1, 0.15) is 17.8 Å². The number of halogens is 4. The average molecular weight is 359 g/mol. The Hall–Kier alpha value is -2.42. The van der Waals surface area contributed by atoms with Gasteiger partial charge in [0.15, 0.2) is 5.82 Å². The van der Waals surface area contributed by atoms with Crippen LogP contribution in [-0.4, -0.2) is 33.3 Å². The number of hydrogen-bond acceptors (Lipinski definition) is 3. The van der Waals surface area contributed by atoms with Gasteiger partial charge < -0.3 is 15.0 Å². The molecule has 0 saturated heterocycles. The van der Waals surface area contributed by atoms with E-state index >= 15 is 0 Å². The van der Waals surface area contributed by atoms with Gasteiger partial charge in [-0.05, 0) is 18.1 Å². The smallest absolute Gasteiger partial charge is 0.374 e. The van der Waals surface area contributed by atoms with Crippen LogP contribution in [0.2, 0.25) is 0 Å². The molecule has 0 fully saturated rings. The normalized spacial score (nSPS) is 14.2. The average Bonchev–Trinajstić information content (AvgIpc) is 2.94. The Kier molecular flexibility index (Phi) is 5.46. The summed E-state index contributed by atoms with van der Waals surface area (Å²) >= 11 is 0. The van der Waals surface area contributed by atoms with E-state index in [2.05, 4.69) is 10.3 Å². The molecule has 2 rings (SSSR count). The molecular formula is C16H17F4N3O2. The number of aromatic nitrogens is 2. The minimum absolute atomic E-state index is 0.0612. The number of carbonyl (C=O) groups is 1. The monoisotopic (exact) mass is 359 g/mol. The van der Waals surface area contributed by atoms with Crippen molar-refractivity contribution in [2.75, 3.05) is 6.54 Å². The molecule has 1 aromatic heterocycles. The molecule has 5 nitrogen and oxygen atoms in total. The molecule has 9 heteroatoms. The molecule has 1 atom stereocenters. The van der Waals surface area contributed by atoms with E-state index in [1.807, 2.05) is 0 Å². The maximum Gasteiger partial charge on any atom is 0.425 e. The first-order valence-corrected chi connectivity index (χ1v) is 7.42. The lowest BCUT2D eigenvalue weighted by Gasteiger charge is -2.29. The van der Waals surface area contributed by atoms with E-state index in [0.29, 0.717) is 5.56 Å². The highest BCUT2D eigenvalue weighted by molar-refractivity contribution is 5.77. The van der Waals surface area contributed by atoms with Crippen LogP contribution in [0.15, 0.2) is 36.7 Å². The Bertz CT molecular complexity index is 745. The van der Waals surface area contributed by atoms with Gasteiger partial charge in [0.05, 0.1) is 6.42 Å². The van der Waals surface area contributed by atoms with Gasteiger partial charge in [-0.1, -0.05) is 18.2 Å². The lowest BCUT2D eigenvalue weighted by molar-refractivity contribution is -0.271. The number of nitrogens with one attached hydrogen (secondary N) is 1. The molecule has 2 aromatic rings. The zero-order valence-corrected chi connectivity index (χ0v) is 13.3. The number of alkyl halides is 3. The minimum atomic E-state index is -5.09. The van der Waals surface area contributed by atoms with Gasteiger partial charge in [0.25, 0.3) is 0 Å². The molecule has 0 bridgehead atoms. The highest BCUT2D eigenvalue weighted by Gasteiger charge is 2.58. The van der Waals surface area contributed by atoms with Crippen LogP contribution in [-0.2, 0) is 23.9 Å². The zero-order valence-electron chi connectivity index (χ0n) is 13.3. The van der Waals surface area contributed by atoms with Gasteiger partial charge in [-0.25, -0.2) is 9.37 Å². The van der Waals surface area contributed by atoms with Gasteiger partial charge >= 0.3 is 6.18 Å². The third kappa shape index (κ3) is 4.16. The molecule has 1 heterocycles. The number of amides is 1. The second-order valence-corrected chi connectivity index (χ2v) is 5.59. The summed E-state index contributed by atoms with van der Waals surface area (Å²) in [5.41, 5.74) is -3.08. The highest BCUT2D eigenvalue weighted by atomic mass is 19.4. The summed E-state index contributed by atoms with van der Waals surface area (Å²) in [7, 11) is 1.29. The van der Waals surface area contributed by atoms with E-state index in [0.717, 1.165) is 10.8 Å². The molecule has 0 aliphatic carbocycles. The Labute approximate surface area is 141 Å². The van der Waals surface area contributed by atoms with Crippen molar-refractivity contribution < 1.29 is 27.5 Å². The Balaban J connectivity index is 2.03. The number of aliphatic hydroxyl groups is 1. The molecule has 2 N–H and O–H groups in total. The summed E-state index contributed by atoms with van der Waals surface area (Å²) in [6, 6.07) is 5.89. The number of hydrogen-bond donors (Lipinski definition) is 2. The summed E-state index contributed by atoms with van der Waals surface area (Å²) in [5, 5.41) is 12.4. The first-order valence-electron chi connectivity index (χ1n) is 7.42. The lowest BCUT2D eigenvalue weighted by atomic mass is 9.97. The van der Waals surface area contributed by atoms with Crippen LogP contribution >= 0.6 is 0 Å². The minimum Gasteiger partial charge on any atom is -0.374 e. The van der Waals surface area contributed by atoms with Gasteiger partial charge in [-0.15, -0.1) is 0 Å². The lowest BCUT2D eigenvalue weighted by Crippen LogP contribution is -2.48.